The molecule has 0 aromatic heterocycles. The molecule has 2 amide bonds. The van der Waals surface area contributed by atoms with Crippen molar-refractivity contribution < 1.29 is 19.4 Å². The maximum atomic E-state index is 12.0. The molecule has 3 N–H and O–H groups in total. The second-order valence-electron chi connectivity index (χ2n) is 6.66. The summed E-state index contributed by atoms with van der Waals surface area (Å²) in [5, 5.41) is 15.1. The number of carboxylic acids is 1. The van der Waals surface area contributed by atoms with Gasteiger partial charge in [0.05, 0.1) is 18.6 Å². The van der Waals surface area contributed by atoms with Gasteiger partial charge in [-0.15, -0.1) is 0 Å². The molecular formula is C15H28N2O4. The molecule has 6 heteroatoms. The summed E-state index contributed by atoms with van der Waals surface area (Å²) >= 11 is 0. The van der Waals surface area contributed by atoms with Gasteiger partial charge in [-0.1, -0.05) is 20.8 Å². The first-order valence-electron chi connectivity index (χ1n) is 7.48. The molecule has 122 valence electrons. The van der Waals surface area contributed by atoms with Crippen LogP contribution in [-0.4, -0.2) is 42.9 Å². The Kier molecular flexibility index (Phi) is 6.01. The molecule has 1 aliphatic carbocycles. The topological polar surface area (TPSA) is 87.7 Å². The maximum absolute atomic E-state index is 12.0. The largest absolute Gasteiger partial charge is 0.481 e. The second-order valence-corrected chi connectivity index (χ2v) is 6.66. The van der Waals surface area contributed by atoms with E-state index in [1.54, 1.807) is 7.11 Å². The lowest BCUT2D eigenvalue weighted by molar-refractivity contribution is -0.150. The number of methoxy groups -OCH3 is 1. The summed E-state index contributed by atoms with van der Waals surface area (Å²) in [6, 6.07) is -0.292. The number of hydrogen-bond donors (Lipinski definition) is 3. The van der Waals surface area contributed by atoms with Crippen LogP contribution in [0.5, 0.6) is 0 Å². The SMILES string of the molecule is COCC(C)NC(=O)NC1CCC(C(=O)O)C(C)(C)C1C. The molecule has 0 bridgehead atoms. The Morgan fingerprint density at radius 1 is 1.38 bits per heavy atom. The van der Waals surface area contributed by atoms with Crippen LogP contribution in [0, 0.1) is 17.3 Å². The maximum Gasteiger partial charge on any atom is 0.315 e. The molecular weight excluding hydrogens is 272 g/mol. The number of nitrogens with one attached hydrogen (secondary N) is 2. The highest BCUT2D eigenvalue weighted by atomic mass is 16.5. The normalized spacial score (nSPS) is 29.5. The minimum atomic E-state index is -0.747. The van der Waals surface area contributed by atoms with Gasteiger partial charge in [-0.3, -0.25) is 4.79 Å². The Labute approximate surface area is 126 Å². The van der Waals surface area contributed by atoms with Crippen molar-refractivity contribution in [2.45, 2.75) is 52.6 Å². The number of carboxylic acid groups (broad SMARTS) is 1. The minimum Gasteiger partial charge on any atom is -0.481 e. The van der Waals surface area contributed by atoms with Gasteiger partial charge in [0.25, 0.3) is 0 Å². The molecule has 0 aromatic rings. The molecule has 0 spiro atoms. The number of ether oxygens (including phenoxy) is 1. The van der Waals surface area contributed by atoms with E-state index in [2.05, 4.69) is 10.6 Å². The molecule has 6 nitrogen and oxygen atoms in total. The summed E-state index contributed by atoms with van der Waals surface area (Å²) < 4.78 is 4.98. The lowest BCUT2D eigenvalue weighted by Gasteiger charge is -2.46. The number of urea groups is 1. The average molecular weight is 300 g/mol. The zero-order valence-electron chi connectivity index (χ0n) is 13.6. The first-order chi connectivity index (χ1) is 9.70. The summed E-state index contributed by atoms with van der Waals surface area (Å²) in [7, 11) is 1.59. The first-order valence-corrected chi connectivity index (χ1v) is 7.48. The Bertz CT molecular complexity index is 384. The van der Waals surface area contributed by atoms with Crippen molar-refractivity contribution in [3.05, 3.63) is 0 Å². The predicted octanol–water partition coefficient (Wildman–Crippen LogP) is 1.85. The molecule has 0 saturated heterocycles. The highest BCUT2D eigenvalue weighted by molar-refractivity contribution is 5.75. The first kappa shape index (κ1) is 17.8. The average Bonchev–Trinajstić information content (AvgIpc) is 2.34. The van der Waals surface area contributed by atoms with E-state index in [0.29, 0.717) is 19.4 Å². The molecule has 0 radical (unpaired) electrons. The van der Waals surface area contributed by atoms with Crippen LogP contribution in [0.15, 0.2) is 0 Å². The van der Waals surface area contributed by atoms with Crippen LogP contribution < -0.4 is 10.6 Å². The van der Waals surface area contributed by atoms with Gasteiger partial charge in [-0.25, -0.2) is 4.79 Å². The predicted molar refractivity (Wildman–Crippen MR) is 80.1 cm³/mol. The van der Waals surface area contributed by atoms with Gasteiger partial charge in [0, 0.05) is 13.2 Å². The second kappa shape index (κ2) is 7.11. The van der Waals surface area contributed by atoms with E-state index >= 15 is 0 Å². The van der Waals surface area contributed by atoms with Gasteiger partial charge in [0.1, 0.15) is 0 Å². The number of rotatable bonds is 5. The van der Waals surface area contributed by atoms with Gasteiger partial charge in [0.15, 0.2) is 0 Å². The quantitative estimate of drug-likeness (QED) is 0.723. The van der Waals surface area contributed by atoms with Gasteiger partial charge < -0.3 is 20.5 Å². The summed E-state index contributed by atoms with van der Waals surface area (Å²) in [5.41, 5.74) is -0.347. The number of carbonyl (C=O) groups excluding carboxylic acids is 1. The number of hydrogen-bond acceptors (Lipinski definition) is 3. The molecule has 21 heavy (non-hydrogen) atoms. The number of carbonyl (C=O) groups is 2. The highest BCUT2D eigenvalue weighted by Gasteiger charge is 2.46. The Hall–Kier alpha value is -1.30. The van der Waals surface area contributed by atoms with Crippen LogP contribution in [0.4, 0.5) is 4.79 Å². The van der Waals surface area contributed by atoms with Gasteiger partial charge >= 0.3 is 12.0 Å². The summed E-state index contributed by atoms with van der Waals surface area (Å²) in [4.78, 5) is 23.3. The fraction of sp³-hybridized carbons (Fsp3) is 0.867. The zero-order valence-corrected chi connectivity index (χ0v) is 13.6. The van der Waals surface area contributed by atoms with E-state index in [1.807, 2.05) is 27.7 Å². The molecule has 0 aromatic carbocycles. The van der Waals surface area contributed by atoms with Gasteiger partial charge in [-0.2, -0.15) is 0 Å². The van der Waals surface area contributed by atoms with Crippen molar-refractivity contribution in [1.29, 1.82) is 0 Å². The third-order valence-electron chi connectivity index (χ3n) is 4.85. The zero-order chi connectivity index (χ0) is 16.2. The summed E-state index contributed by atoms with van der Waals surface area (Å²) in [5.74, 6) is -1.01. The van der Waals surface area contributed by atoms with E-state index < -0.39 is 5.97 Å². The Morgan fingerprint density at radius 3 is 2.52 bits per heavy atom. The van der Waals surface area contributed by atoms with Gasteiger partial charge in [-0.05, 0) is 31.1 Å². The number of aliphatic carboxylic acids is 1. The molecule has 1 saturated carbocycles. The van der Waals surface area contributed by atoms with E-state index in [0.717, 1.165) is 0 Å². The lowest BCUT2D eigenvalue weighted by atomic mass is 9.61. The molecule has 0 heterocycles. The van der Waals surface area contributed by atoms with E-state index in [1.165, 1.54) is 0 Å². The molecule has 0 aliphatic heterocycles. The van der Waals surface area contributed by atoms with Gasteiger partial charge in [0.2, 0.25) is 0 Å². The van der Waals surface area contributed by atoms with E-state index in [-0.39, 0.29) is 35.4 Å². The van der Waals surface area contributed by atoms with Crippen LogP contribution >= 0.6 is 0 Å². The Morgan fingerprint density at radius 2 is 2.00 bits per heavy atom. The molecule has 1 aliphatic rings. The lowest BCUT2D eigenvalue weighted by Crippen LogP contribution is -2.55. The third kappa shape index (κ3) is 4.33. The summed E-state index contributed by atoms with van der Waals surface area (Å²) in [6.07, 6.45) is 1.28. The summed E-state index contributed by atoms with van der Waals surface area (Å²) in [6.45, 7) is 8.28. The fourth-order valence-electron chi connectivity index (χ4n) is 3.17. The monoisotopic (exact) mass is 300 g/mol. The molecule has 1 fully saturated rings. The smallest absolute Gasteiger partial charge is 0.315 e. The fourth-order valence-corrected chi connectivity index (χ4v) is 3.17. The van der Waals surface area contributed by atoms with Crippen LogP contribution in [-0.2, 0) is 9.53 Å². The van der Waals surface area contributed by atoms with E-state index in [9.17, 15) is 14.7 Å². The van der Waals surface area contributed by atoms with Crippen molar-refractivity contribution >= 4 is 12.0 Å². The number of amides is 2. The van der Waals surface area contributed by atoms with Crippen molar-refractivity contribution in [2.75, 3.05) is 13.7 Å². The minimum absolute atomic E-state index is 0.00894. The Balaban J connectivity index is 2.62. The third-order valence-corrected chi connectivity index (χ3v) is 4.85. The van der Waals surface area contributed by atoms with Crippen molar-refractivity contribution in [3.8, 4) is 0 Å². The van der Waals surface area contributed by atoms with E-state index in [4.69, 9.17) is 4.74 Å². The standard InChI is InChI=1S/C15H28N2O4/c1-9(8-21-5)16-14(20)17-12-7-6-11(13(18)19)15(3,4)10(12)2/h9-12H,6-8H2,1-5H3,(H,18,19)(H2,16,17,20). The van der Waals surface area contributed by atoms with Crippen LogP contribution in [0.2, 0.25) is 0 Å². The van der Waals surface area contributed by atoms with Crippen molar-refractivity contribution in [2.24, 2.45) is 17.3 Å². The van der Waals surface area contributed by atoms with Crippen LogP contribution in [0.25, 0.3) is 0 Å². The van der Waals surface area contributed by atoms with Crippen LogP contribution in [0.1, 0.15) is 40.5 Å². The molecule has 4 atom stereocenters. The molecule has 1 rings (SSSR count). The van der Waals surface area contributed by atoms with Crippen LogP contribution in [0.3, 0.4) is 0 Å². The van der Waals surface area contributed by atoms with Crippen molar-refractivity contribution in [1.82, 2.24) is 10.6 Å². The highest BCUT2D eigenvalue weighted by Crippen LogP contribution is 2.45. The molecule has 4 unspecified atom stereocenters. The van der Waals surface area contributed by atoms with Crippen molar-refractivity contribution in [3.63, 3.8) is 0 Å².